The average molecular weight is 299 g/mol. The molecule has 2 rings (SSSR count). The van der Waals surface area contributed by atoms with E-state index >= 15 is 0 Å². The SMILES string of the molecule is COC(=O)c1c[nH]c2c(Br)cc([N+](=O)[O-])cc12. The minimum Gasteiger partial charge on any atom is -0.465 e. The molecule has 0 unspecified atom stereocenters. The van der Waals surface area contributed by atoms with Crippen LogP contribution in [0.5, 0.6) is 0 Å². The largest absolute Gasteiger partial charge is 0.465 e. The number of nitrogens with one attached hydrogen (secondary N) is 1. The maximum absolute atomic E-state index is 11.5. The summed E-state index contributed by atoms with van der Waals surface area (Å²) < 4.78 is 5.12. The van der Waals surface area contributed by atoms with Gasteiger partial charge >= 0.3 is 5.97 Å². The number of nitro benzene ring substituents is 1. The van der Waals surface area contributed by atoms with Gasteiger partial charge in [0.1, 0.15) is 0 Å². The highest BCUT2D eigenvalue weighted by Gasteiger charge is 2.18. The maximum atomic E-state index is 11.5. The summed E-state index contributed by atoms with van der Waals surface area (Å²) in [6.45, 7) is 0. The smallest absolute Gasteiger partial charge is 0.340 e. The van der Waals surface area contributed by atoms with Crippen LogP contribution in [0.3, 0.4) is 0 Å². The Labute approximate surface area is 104 Å². The first-order valence-corrected chi connectivity index (χ1v) is 5.37. The number of carbonyl (C=O) groups is 1. The number of esters is 1. The summed E-state index contributed by atoms with van der Waals surface area (Å²) in [6, 6.07) is 2.71. The molecule has 0 spiro atoms. The number of nitrogens with zero attached hydrogens (tertiary/aromatic N) is 1. The van der Waals surface area contributed by atoms with Crippen molar-refractivity contribution in [1.82, 2.24) is 4.98 Å². The number of nitro groups is 1. The van der Waals surface area contributed by atoms with E-state index in [9.17, 15) is 14.9 Å². The van der Waals surface area contributed by atoms with Crippen molar-refractivity contribution in [1.29, 1.82) is 0 Å². The first-order valence-electron chi connectivity index (χ1n) is 4.58. The molecule has 17 heavy (non-hydrogen) atoms. The predicted octanol–water partition coefficient (Wildman–Crippen LogP) is 2.63. The maximum Gasteiger partial charge on any atom is 0.340 e. The third-order valence-electron chi connectivity index (χ3n) is 2.34. The zero-order valence-corrected chi connectivity index (χ0v) is 10.3. The van der Waals surface area contributed by atoms with Gasteiger partial charge in [0.05, 0.1) is 23.1 Å². The number of carbonyl (C=O) groups excluding carboxylic acids is 1. The van der Waals surface area contributed by atoms with Crippen molar-refractivity contribution >= 4 is 38.5 Å². The molecular weight excluding hydrogens is 292 g/mol. The molecule has 0 saturated carbocycles. The van der Waals surface area contributed by atoms with E-state index in [1.807, 2.05) is 0 Å². The molecule has 0 aliphatic heterocycles. The van der Waals surface area contributed by atoms with E-state index in [1.54, 1.807) is 0 Å². The summed E-state index contributed by atoms with van der Waals surface area (Å²) in [5, 5.41) is 11.2. The Bertz CT molecular complexity index is 620. The molecule has 0 atom stereocenters. The lowest BCUT2D eigenvalue weighted by molar-refractivity contribution is -0.384. The number of fused-ring (bicyclic) bond motifs is 1. The number of ether oxygens (including phenoxy) is 1. The van der Waals surface area contributed by atoms with Crippen molar-refractivity contribution in [3.8, 4) is 0 Å². The van der Waals surface area contributed by atoms with E-state index < -0.39 is 10.9 Å². The first-order chi connectivity index (χ1) is 8.04. The number of hydrogen-bond donors (Lipinski definition) is 1. The third-order valence-corrected chi connectivity index (χ3v) is 2.97. The van der Waals surface area contributed by atoms with Gasteiger partial charge in [0.25, 0.3) is 5.69 Å². The second kappa shape index (κ2) is 4.17. The van der Waals surface area contributed by atoms with Crippen LogP contribution in [0.1, 0.15) is 10.4 Å². The molecule has 0 radical (unpaired) electrons. The Hall–Kier alpha value is -1.89. The fourth-order valence-electron chi connectivity index (χ4n) is 1.56. The molecule has 1 heterocycles. The Kier molecular flexibility index (Phi) is 2.84. The molecule has 6 nitrogen and oxygen atoms in total. The van der Waals surface area contributed by atoms with Crippen molar-refractivity contribution in [2.45, 2.75) is 0 Å². The Morgan fingerprint density at radius 3 is 2.82 bits per heavy atom. The zero-order chi connectivity index (χ0) is 12.6. The van der Waals surface area contributed by atoms with Crippen LogP contribution in [0.2, 0.25) is 0 Å². The van der Waals surface area contributed by atoms with Gasteiger partial charge in [-0.1, -0.05) is 0 Å². The van der Waals surface area contributed by atoms with Gasteiger partial charge in [0, 0.05) is 28.2 Å². The molecule has 0 bridgehead atoms. The number of halogens is 1. The Morgan fingerprint density at radius 1 is 1.53 bits per heavy atom. The van der Waals surface area contributed by atoms with Crippen LogP contribution >= 0.6 is 15.9 Å². The molecule has 1 aromatic carbocycles. The number of benzene rings is 1. The zero-order valence-electron chi connectivity index (χ0n) is 8.69. The van der Waals surface area contributed by atoms with Crippen LogP contribution in [-0.2, 0) is 4.74 Å². The molecule has 1 N–H and O–H groups in total. The second-order valence-electron chi connectivity index (χ2n) is 3.30. The molecule has 7 heteroatoms. The van der Waals surface area contributed by atoms with Crippen LogP contribution in [0, 0.1) is 10.1 Å². The lowest BCUT2D eigenvalue weighted by Gasteiger charge is -1.98. The molecule has 1 aromatic heterocycles. The van der Waals surface area contributed by atoms with Crippen molar-refractivity contribution in [2.24, 2.45) is 0 Å². The number of non-ortho nitro benzene ring substituents is 1. The van der Waals surface area contributed by atoms with Gasteiger partial charge in [0.15, 0.2) is 0 Å². The quantitative estimate of drug-likeness (QED) is 0.524. The van der Waals surface area contributed by atoms with Gasteiger partial charge in [-0.2, -0.15) is 0 Å². The number of aromatic amines is 1. The minimum atomic E-state index is -0.538. The van der Waals surface area contributed by atoms with Crippen LogP contribution in [0.15, 0.2) is 22.8 Å². The van der Waals surface area contributed by atoms with E-state index in [1.165, 1.54) is 25.4 Å². The van der Waals surface area contributed by atoms with Crippen molar-refractivity contribution in [2.75, 3.05) is 7.11 Å². The van der Waals surface area contributed by atoms with Crippen molar-refractivity contribution in [3.05, 3.63) is 38.5 Å². The van der Waals surface area contributed by atoms with Gasteiger partial charge in [-0.15, -0.1) is 0 Å². The predicted molar refractivity (Wildman–Crippen MR) is 64.0 cm³/mol. The Balaban J connectivity index is 2.74. The minimum absolute atomic E-state index is 0.0888. The second-order valence-corrected chi connectivity index (χ2v) is 4.16. The highest BCUT2D eigenvalue weighted by atomic mass is 79.9. The molecule has 0 aliphatic rings. The highest BCUT2D eigenvalue weighted by Crippen LogP contribution is 2.31. The lowest BCUT2D eigenvalue weighted by Crippen LogP contribution is -1.99. The fourth-order valence-corrected chi connectivity index (χ4v) is 2.12. The number of H-pyrrole nitrogens is 1. The van der Waals surface area contributed by atoms with E-state index in [-0.39, 0.29) is 11.3 Å². The highest BCUT2D eigenvalue weighted by molar-refractivity contribution is 9.10. The summed E-state index contributed by atoms with van der Waals surface area (Å²) in [7, 11) is 1.26. The van der Waals surface area contributed by atoms with Crippen LogP contribution in [0.25, 0.3) is 10.9 Å². The normalized spacial score (nSPS) is 10.5. The summed E-state index contributed by atoms with van der Waals surface area (Å²) in [6.07, 6.45) is 1.46. The molecule has 2 aromatic rings. The molecule has 88 valence electrons. The van der Waals surface area contributed by atoms with Crippen molar-refractivity contribution < 1.29 is 14.5 Å². The number of rotatable bonds is 2. The Morgan fingerprint density at radius 2 is 2.24 bits per heavy atom. The van der Waals surface area contributed by atoms with Gasteiger partial charge < -0.3 is 9.72 Å². The molecule has 0 saturated heterocycles. The van der Waals surface area contributed by atoms with Crippen LogP contribution in [-0.4, -0.2) is 23.0 Å². The number of aromatic nitrogens is 1. The molecule has 0 fully saturated rings. The topological polar surface area (TPSA) is 85.2 Å². The van der Waals surface area contributed by atoms with E-state index in [0.717, 1.165) is 0 Å². The van der Waals surface area contributed by atoms with E-state index in [0.29, 0.717) is 15.4 Å². The number of methoxy groups -OCH3 is 1. The number of hydrogen-bond acceptors (Lipinski definition) is 4. The molecular formula is C10H7BrN2O4. The third kappa shape index (κ3) is 1.89. The molecule has 0 amide bonds. The fraction of sp³-hybridized carbons (Fsp3) is 0.100. The summed E-state index contributed by atoms with van der Waals surface area (Å²) >= 11 is 3.21. The van der Waals surface area contributed by atoms with E-state index in [4.69, 9.17) is 0 Å². The average Bonchev–Trinajstić information content (AvgIpc) is 2.72. The van der Waals surface area contributed by atoms with E-state index in [2.05, 4.69) is 25.7 Å². The van der Waals surface area contributed by atoms with Gasteiger partial charge in [-0.3, -0.25) is 10.1 Å². The van der Waals surface area contributed by atoms with Crippen molar-refractivity contribution in [3.63, 3.8) is 0 Å². The summed E-state index contributed by atoms with van der Waals surface area (Å²) in [5.41, 5.74) is 0.803. The van der Waals surface area contributed by atoms with Crippen LogP contribution in [0.4, 0.5) is 5.69 Å². The summed E-state index contributed by atoms with van der Waals surface area (Å²) in [4.78, 5) is 24.5. The van der Waals surface area contributed by atoms with Gasteiger partial charge in [0.2, 0.25) is 0 Å². The monoisotopic (exact) mass is 298 g/mol. The standard InChI is InChI=1S/C10H7BrN2O4/c1-17-10(14)7-4-12-9-6(7)2-5(13(15)16)3-8(9)11/h2-4,12H,1H3. The van der Waals surface area contributed by atoms with Gasteiger partial charge in [-0.05, 0) is 15.9 Å². The van der Waals surface area contributed by atoms with Crippen LogP contribution < -0.4 is 0 Å². The van der Waals surface area contributed by atoms with Gasteiger partial charge in [-0.25, -0.2) is 4.79 Å². The first kappa shape index (κ1) is 11.6. The summed E-state index contributed by atoms with van der Waals surface area (Å²) in [5.74, 6) is -0.538. The lowest BCUT2D eigenvalue weighted by atomic mass is 10.1. The molecule has 0 aliphatic carbocycles.